The van der Waals surface area contributed by atoms with Crippen LogP contribution in [0.15, 0.2) is 77.9 Å². The van der Waals surface area contributed by atoms with Gasteiger partial charge in [0.2, 0.25) is 0 Å². The van der Waals surface area contributed by atoms with Crippen LogP contribution in [0.4, 0.5) is 0 Å². The lowest BCUT2D eigenvalue weighted by Gasteiger charge is -2.06. The molecule has 7 nitrogen and oxygen atoms in total. The Morgan fingerprint density at radius 1 is 0.931 bits per heavy atom. The molecule has 0 aliphatic heterocycles. The lowest BCUT2D eigenvalue weighted by molar-refractivity contribution is 0.0734. The molecule has 0 saturated heterocycles. The molecule has 0 aromatic heterocycles. The second-order valence-corrected chi connectivity index (χ2v) is 5.94. The zero-order chi connectivity index (χ0) is 20.6. The minimum Gasteiger partial charge on any atom is -0.508 e. The fraction of sp³-hybridized carbons (Fsp3) is 0.0455. The van der Waals surface area contributed by atoms with Crippen molar-refractivity contribution < 1.29 is 24.2 Å². The summed E-state index contributed by atoms with van der Waals surface area (Å²) in [6.45, 7) is 0. The van der Waals surface area contributed by atoms with Crippen LogP contribution in [-0.2, 0) is 0 Å². The highest BCUT2D eigenvalue weighted by molar-refractivity contribution is 5.95. The highest BCUT2D eigenvalue weighted by Gasteiger charge is 2.09. The maximum Gasteiger partial charge on any atom is 0.343 e. The first-order chi connectivity index (χ1) is 14.0. The van der Waals surface area contributed by atoms with Crippen LogP contribution >= 0.6 is 0 Å². The Kier molecular flexibility index (Phi) is 6.22. The van der Waals surface area contributed by atoms with Gasteiger partial charge in [-0.2, -0.15) is 5.10 Å². The zero-order valence-electron chi connectivity index (χ0n) is 15.5. The second kappa shape index (κ2) is 9.18. The summed E-state index contributed by atoms with van der Waals surface area (Å²) in [5.41, 5.74) is 3.79. The van der Waals surface area contributed by atoms with Crippen molar-refractivity contribution in [3.63, 3.8) is 0 Å². The molecule has 0 spiro atoms. The molecule has 0 saturated carbocycles. The summed E-state index contributed by atoms with van der Waals surface area (Å²) in [7, 11) is 1.55. The van der Waals surface area contributed by atoms with Crippen LogP contribution in [0.2, 0.25) is 0 Å². The molecule has 146 valence electrons. The Morgan fingerprint density at radius 2 is 1.62 bits per heavy atom. The molecule has 3 aromatic rings. The maximum absolute atomic E-state index is 12.2. The normalized spacial score (nSPS) is 10.5. The first-order valence-electron chi connectivity index (χ1n) is 8.64. The fourth-order valence-electron chi connectivity index (χ4n) is 2.39. The van der Waals surface area contributed by atoms with Gasteiger partial charge < -0.3 is 14.6 Å². The van der Waals surface area contributed by atoms with Gasteiger partial charge >= 0.3 is 5.97 Å². The van der Waals surface area contributed by atoms with E-state index in [1.807, 2.05) is 0 Å². The Hall–Kier alpha value is -4.13. The molecule has 0 aliphatic rings. The number of phenols is 1. The van der Waals surface area contributed by atoms with Crippen molar-refractivity contribution in [3.05, 3.63) is 89.5 Å². The topological polar surface area (TPSA) is 97.2 Å². The monoisotopic (exact) mass is 390 g/mol. The van der Waals surface area contributed by atoms with Gasteiger partial charge in [0.25, 0.3) is 5.91 Å². The van der Waals surface area contributed by atoms with Crippen molar-refractivity contribution in [2.45, 2.75) is 0 Å². The third-order valence-electron chi connectivity index (χ3n) is 3.90. The third kappa shape index (κ3) is 5.43. The van der Waals surface area contributed by atoms with E-state index in [4.69, 9.17) is 9.47 Å². The zero-order valence-corrected chi connectivity index (χ0v) is 15.5. The number of rotatable bonds is 6. The number of amides is 1. The highest BCUT2D eigenvalue weighted by atomic mass is 16.5. The minimum atomic E-state index is -0.498. The van der Waals surface area contributed by atoms with Gasteiger partial charge in [-0.1, -0.05) is 12.1 Å². The van der Waals surface area contributed by atoms with Crippen molar-refractivity contribution in [1.29, 1.82) is 0 Å². The summed E-state index contributed by atoms with van der Waals surface area (Å²) in [5.74, 6) is 0.158. The molecule has 0 radical (unpaired) electrons. The van der Waals surface area contributed by atoms with E-state index in [1.54, 1.807) is 55.6 Å². The van der Waals surface area contributed by atoms with E-state index in [-0.39, 0.29) is 5.75 Å². The number of aromatic hydroxyl groups is 1. The number of carbonyl (C=O) groups is 2. The van der Waals surface area contributed by atoms with Crippen LogP contribution in [-0.4, -0.2) is 30.3 Å². The SMILES string of the molecule is COc1ccc(C(=O)Oc2cccc(/C=N/NC(=O)c3ccc(O)cc3)c2)cc1. The molecule has 1 amide bonds. The quantitative estimate of drug-likeness (QED) is 0.291. The standard InChI is InChI=1S/C22H18N2O5/c1-28-19-11-7-17(8-12-19)22(27)29-20-4-2-3-15(13-20)14-23-24-21(26)16-5-9-18(25)10-6-16/h2-14,25H,1H3,(H,24,26)/b23-14+. The van der Waals surface area contributed by atoms with Crippen LogP contribution in [0.25, 0.3) is 0 Å². The predicted molar refractivity (Wildman–Crippen MR) is 108 cm³/mol. The van der Waals surface area contributed by atoms with Crippen molar-refractivity contribution in [2.75, 3.05) is 7.11 Å². The van der Waals surface area contributed by atoms with Crippen LogP contribution in [0.5, 0.6) is 17.2 Å². The number of hydrogen-bond acceptors (Lipinski definition) is 6. The first kappa shape index (κ1) is 19.6. The number of benzene rings is 3. The van der Waals surface area contributed by atoms with Gasteiger partial charge in [0.1, 0.15) is 17.2 Å². The van der Waals surface area contributed by atoms with Gasteiger partial charge in [0.05, 0.1) is 18.9 Å². The number of hydrazone groups is 1. The van der Waals surface area contributed by atoms with E-state index in [0.29, 0.717) is 28.2 Å². The lowest BCUT2D eigenvalue weighted by atomic mass is 10.2. The fourth-order valence-corrected chi connectivity index (χ4v) is 2.39. The number of ether oxygens (including phenoxy) is 2. The molecule has 0 unspecified atom stereocenters. The molecule has 0 aliphatic carbocycles. The van der Waals surface area contributed by atoms with Crippen LogP contribution < -0.4 is 14.9 Å². The highest BCUT2D eigenvalue weighted by Crippen LogP contribution is 2.16. The van der Waals surface area contributed by atoms with E-state index in [1.165, 1.54) is 30.5 Å². The number of carbonyl (C=O) groups excluding carboxylic acids is 2. The van der Waals surface area contributed by atoms with Gasteiger partial charge in [0.15, 0.2) is 0 Å². The smallest absolute Gasteiger partial charge is 0.343 e. The number of nitrogens with zero attached hydrogens (tertiary/aromatic N) is 1. The number of methoxy groups -OCH3 is 1. The van der Waals surface area contributed by atoms with Crippen molar-refractivity contribution in [2.24, 2.45) is 5.10 Å². The van der Waals surface area contributed by atoms with Crippen LogP contribution in [0, 0.1) is 0 Å². The molecule has 2 N–H and O–H groups in total. The number of nitrogens with one attached hydrogen (secondary N) is 1. The maximum atomic E-state index is 12.2. The average Bonchev–Trinajstić information content (AvgIpc) is 2.74. The molecule has 0 atom stereocenters. The van der Waals surface area contributed by atoms with Gasteiger partial charge in [-0.25, -0.2) is 10.2 Å². The Morgan fingerprint density at radius 3 is 2.31 bits per heavy atom. The molecular formula is C22H18N2O5. The van der Waals surface area contributed by atoms with E-state index in [0.717, 1.165) is 0 Å². The van der Waals surface area contributed by atoms with Crippen molar-refractivity contribution >= 4 is 18.1 Å². The summed E-state index contributed by atoms with van der Waals surface area (Å²) in [6.07, 6.45) is 1.43. The van der Waals surface area contributed by atoms with Crippen LogP contribution in [0.1, 0.15) is 26.3 Å². The Bertz CT molecular complexity index is 1030. The number of hydrogen-bond donors (Lipinski definition) is 2. The Balaban J connectivity index is 1.61. The molecule has 3 rings (SSSR count). The van der Waals surface area contributed by atoms with Gasteiger partial charge in [0, 0.05) is 5.56 Å². The summed E-state index contributed by atoms with van der Waals surface area (Å²) in [4.78, 5) is 24.2. The van der Waals surface area contributed by atoms with Crippen molar-refractivity contribution in [1.82, 2.24) is 5.43 Å². The first-order valence-corrected chi connectivity index (χ1v) is 8.64. The van der Waals surface area contributed by atoms with Gasteiger partial charge in [-0.3, -0.25) is 4.79 Å². The molecule has 0 bridgehead atoms. The van der Waals surface area contributed by atoms with E-state index < -0.39 is 11.9 Å². The second-order valence-electron chi connectivity index (χ2n) is 5.94. The van der Waals surface area contributed by atoms with Gasteiger partial charge in [-0.15, -0.1) is 0 Å². The summed E-state index contributed by atoms with van der Waals surface area (Å²) >= 11 is 0. The Labute approximate surface area is 167 Å². The third-order valence-corrected chi connectivity index (χ3v) is 3.90. The molecule has 0 heterocycles. The van der Waals surface area contributed by atoms with E-state index in [2.05, 4.69) is 10.5 Å². The minimum absolute atomic E-state index is 0.0750. The average molecular weight is 390 g/mol. The predicted octanol–water partition coefficient (Wildman–Crippen LogP) is 3.38. The summed E-state index contributed by atoms with van der Waals surface area (Å²) in [6, 6.07) is 19.1. The van der Waals surface area contributed by atoms with E-state index >= 15 is 0 Å². The van der Waals surface area contributed by atoms with Gasteiger partial charge in [-0.05, 0) is 66.2 Å². The van der Waals surface area contributed by atoms with Crippen molar-refractivity contribution in [3.8, 4) is 17.2 Å². The van der Waals surface area contributed by atoms with Crippen LogP contribution in [0.3, 0.4) is 0 Å². The number of esters is 1. The lowest BCUT2D eigenvalue weighted by Crippen LogP contribution is -2.17. The molecular weight excluding hydrogens is 372 g/mol. The molecule has 0 fully saturated rings. The molecule has 3 aromatic carbocycles. The molecule has 7 heteroatoms. The largest absolute Gasteiger partial charge is 0.508 e. The molecule has 29 heavy (non-hydrogen) atoms. The number of phenolic OH excluding ortho intramolecular Hbond substituents is 1. The summed E-state index contributed by atoms with van der Waals surface area (Å²) in [5, 5.41) is 13.1. The summed E-state index contributed by atoms with van der Waals surface area (Å²) < 4.78 is 10.4. The van der Waals surface area contributed by atoms with E-state index in [9.17, 15) is 14.7 Å².